The van der Waals surface area contributed by atoms with Crippen LogP contribution < -0.4 is 10.4 Å². The third-order valence-electron chi connectivity index (χ3n) is 3.10. The number of para-hydroxylation sites is 1. The van der Waals surface area contributed by atoms with Crippen molar-refractivity contribution in [3.63, 3.8) is 0 Å². The van der Waals surface area contributed by atoms with E-state index < -0.39 is 5.79 Å². The van der Waals surface area contributed by atoms with Crippen LogP contribution in [0.3, 0.4) is 0 Å². The normalized spacial score (nSPS) is 22.5. The lowest BCUT2D eigenvalue weighted by Crippen LogP contribution is -2.32. The third-order valence-corrected chi connectivity index (χ3v) is 3.10. The molecule has 4 heteroatoms. The zero-order valence-corrected chi connectivity index (χ0v) is 9.65. The first-order valence-corrected chi connectivity index (χ1v) is 5.42. The van der Waals surface area contributed by atoms with Crippen molar-refractivity contribution < 1.29 is 13.9 Å². The van der Waals surface area contributed by atoms with Gasteiger partial charge >= 0.3 is 5.63 Å². The second kappa shape index (κ2) is 3.34. The van der Waals surface area contributed by atoms with Gasteiger partial charge in [0.15, 0.2) is 0 Å². The topological polar surface area (TPSA) is 48.7 Å². The number of methoxy groups -OCH3 is 1. The maximum absolute atomic E-state index is 11.8. The molecule has 0 saturated carbocycles. The summed E-state index contributed by atoms with van der Waals surface area (Å²) < 4.78 is 16.3. The molecule has 0 radical (unpaired) electrons. The molecule has 1 unspecified atom stereocenters. The third kappa shape index (κ3) is 1.45. The fraction of sp³-hybridized carbons (Fsp3) is 0.308. The van der Waals surface area contributed by atoms with Crippen LogP contribution in [0, 0.1) is 0 Å². The Kier molecular flexibility index (Phi) is 2.03. The quantitative estimate of drug-likeness (QED) is 0.706. The Balaban J connectivity index is 2.31. The van der Waals surface area contributed by atoms with Crippen LogP contribution in [0.5, 0.6) is 5.75 Å². The van der Waals surface area contributed by atoms with Crippen molar-refractivity contribution in [3.05, 3.63) is 40.2 Å². The standard InChI is InChI=1S/C13H12O4/c1-13(15-2)7-9-11(17-13)8-5-3-4-6-10(8)16-12(9)14/h3-6H,7H2,1-2H3. The molecule has 1 aromatic carbocycles. The van der Waals surface area contributed by atoms with Crippen molar-refractivity contribution in [1.82, 2.24) is 0 Å². The van der Waals surface area contributed by atoms with E-state index in [0.29, 0.717) is 23.3 Å². The van der Waals surface area contributed by atoms with Crippen LogP contribution in [0.1, 0.15) is 12.5 Å². The van der Waals surface area contributed by atoms with E-state index >= 15 is 0 Å². The molecule has 0 fully saturated rings. The van der Waals surface area contributed by atoms with Gasteiger partial charge in [0.1, 0.15) is 11.3 Å². The van der Waals surface area contributed by atoms with Gasteiger partial charge in [0.25, 0.3) is 0 Å². The molecule has 0 bridgehead atoms. The summed E-state index contributed by atoms with van der Waals surface area (Å²) in [5, 5.41) is 0.808. The van der Waals surface area contributed by atoms with Gasteiger partial charge < -0.3 is 13.9 Å². The van der Waals surface area contributed by atoms with Crippen LogP contribution in [0.25, 0.3) is 11.0 Å². The van der Waals surface area contributed by atoms with E-state index in [1.807, 2.05) is 18.2 Å². The highest BCUT2D eigenvalue weighted by Crippen LogP contribution is 2.38. The smallest absolute Gasteiger partial charge is 0.343 e. The zero-order valence-electron chi connectivity index (χ0n) is 9.65. The maximum atomic E-state index is 11.8. The number of hydrogen-bond donors (Lipinski definition) is 0. The van der Waals surface area contributed by atoms with Crippen molar-refractivity contribution >= 4 is 11.0 Å². The summed E-state index contributed by atoms with van der Waals surface area (Å²) in [7, 11) is 1.57. The molecule has 3 rings (SSSR count). The second-order valence-electron chi connectivity index (χ2n) is 4.31. The number of fused-ring (bicyclic) bond motifs is 3. The molecule has 0 aliphatic carbocycles. The van der Waals surface area contributed by atoms with Crippen LogP contribution in [0.4, 0.5) is 0 Å². The summed E-state index contributed by atoms with van der Waals surface area (Å²) in [5.41, 5.74) is 0.740. The van der Waals surface area contributed by atoms with E-state index in [4.69, 9.17) is 13.9 Å². The molecule has 17 heavy (non-hydrogen) atoms. The number of rotatable bonds is 1. The highest BCUT2D eigenvalue weighted by Gasteiger charge is 2.38. The lowest BCUT2D eigenvalue weighted by molar-refractivity contribution is -0.133. The first-order valence-electron chi connectivity index (χ1n) is 5.42. The molecular weight excluding hydrogens is 220 g/mol. The number of hydrogen-bond acceptors (Lipinski definition) is 4. The minimum Gasteiger partial charge on any atom is -0.461 e. The van der Waals surface area contributed by atoms with Gasteiger partial charge in [0.2, 0.25) is 5.79 Å². The van der Waals surface area contributed by atoms with Gasteiger partial charge in [-0.2, -0.15) is 0 Å². The molecule has 1 aliphatic rings. The highest BCUT2D eigenvalue weighted by molar-refractivity contribution is 5.84. The lowest BCUT2D eigenvalue weighted by Gasteiger charge is -2.21. The molecule has 88 valence electrons. The summed E-state index contributed by atoms with van der Waals surface area (Å²) in [4.78, 5) is 11.8. The Labute approximate surface area is 97.8 Å². The van der Waals surface area contributed by atoms with E-state index in [1.165, 1.54) is 0 Å². The van der Waals surface area contributed by atoms with Crippen molar-refractivity contribution in [2.75, 3.05) is 7.11 Å². The minimum absolute atomic E-state index is 0.348. The number of ether oxygens (including phenoxy) is 2. The predicted octanol–water partition coefficient (Wildman–Crippen LogP) is 2.09. The number of benzene rings is 1. The van der Waals surface area contributed by atoms with Crippen molar-refractivity contribution in [3.8, 4) is 5.75 Å². The molecule has 4 nitrogen and oxygen atoms in total. The minimum atomic E-state index is -0.777. The molecule has 0 N–H and O–H groups in total. The molecule has 0 spiro atoms. The van der Waals surface area contributed by atoms with Crippen molar-refractivity contribution in [1.29, 1.82) is 0 Å². The Hall–Kier alpha value is -1.81. The van der Waals surface area contributed by atoms with Gasteiger partial charge in [-0.1, -0.05) is 12.1 Å². The lowest BCUT2D eigenvalue weighted by atomic mass is 10.1. The Morgan fingerprint density at radius 2 is 2.12 bits per heavy atom. The molecule has 0 saturated heterocycles. The largest absolute Gasteiger partial charge is 0.461 e. The molecule has 0 amide bonds. The monoisotopic (exact) mass is 232 g/mol. The summed E-state index contributed by atoms with van der Waals surface area (Å²) in [6, 6.07) is 7.33. The first kappa shape index (κ1) is 10.4. The summed E-state index contributed by atoms with van der Waals surface area (Å²) in [6.45, 7) is 1.81. The fourth-order valence-corrected chi connectivity index (χ4v) is 2.12. The van der Waals surface area contributed by atoms with Gasteiger partial charge in [-0.25, -0.2) is 4.79 Å². The second-order valence-corrected chi connectivity index (χ2v) is 4.31. The molecule has 1 aliphatic heterocycles. The van der Waals surface area contributed by atoms with Crippen LogP contribution >= 0.6 is 0 Å². The van der Waals surface area contributed by atoms with Crippen LogP contribution in [0.15, 0.2) is 33.5 Å². The van der Waals surface area contributed by atoms with Crippen LogP contribution in [0.2, 0.25) is 0 Å². The summed E-state index contributed by atoms with van der Waals surface area (Å²) >= 11 is 0. The van der Waals surface area contributed by atoms with E-state index in [2.05, 4.69) is 0 Å². The van der Waals surface area contributed by atoms with E-state index in [1.54, 1.807) is 20.1 Å². The van der Waals surface area contributed by atoms with Gasteiger partial charge in [-0.3, -0.25) is 0 Å². The van der Waals surface area contributed by atoms with E-state index in [0.717, 1.165) is 5.39 Å². The van der Waals surface area contributed by atoms with Gasteiger partial charge in [-0.15, -0.1) is 0 Å². The van der Waals surface area contributed by atoms with Gasteiger partial charge in [0.05, 0.1) is 10.9 Å². The van der Waals surface area contributed by atoms with Crippen molar-refractivity contribution in [2.24, 2.45) is 0 Å². The molecular formula is C13H12O4. The van der Waals surface area contributed by atoms with E-state index in [-0.39, 0.29) is 5.63 Å². The summed E-state index contributed by atoms with van der Waals surface area (Å²) in [5.74, 6) is -0.192. The Bertz CT molecular complexity index is 643. The van der Waals surface area contributed by atoms with Gasteiger partial charge in [0, 0.05) is 20.5 Å². The molecule has 2 heterocycles. The van der Waals surface area contributed by atoms with Gasteiger partial charge in [-0.05, 0) is 12.1 Å². The van der Waals surface area contributed by atoms with E-state index in [9.17, 15) is 4.79 Å². The molecule has 2 aromatic rings. The Morgan fingerprint density at radius 1 is 1.35 bits per heavy atom. The van der Waals surface area contributed by atoms with Crippen molar-refractivity contribution in [2.45, 2.75) is 19.1 Å². The molecule has 1 aromatic heterocycles. The fourth-order valence-electron chi connectivity index (χ4n) is 2.12. The first-order chi connectivity index (χ1) is 8.13. The van der Waals surface area contributed by atoms with Crippen LogP contribution in [-0.2, 0) is 11.2 Å². The average Bonchev–Trinajstić information content (AvgIpc) is 2.69. The zero-order chi connectivity index (χ0) is 12.0. The Morgan fingerprint density at radius 3 is 2.88 bits per heavy atom. The predicted molar refractivity (Wildman–Crippen MR) is 62.2 cm³/mol. The van der Waals surface area contributed by atoms with Crippen LogP contribution in [-0.4, -0.2) is 12.9 Å². The summed E-state index contributed by atoms with van der Waals surface area (Å²) in [6.07, 6.45) is 0.409. The average molecular weight is 232 g/mol. The molecule has 1 atom stereocenters. The SMILES string of the molecule is COC1(C)Cc2c(c3ccccc3oc2=O)O1. The maximum Gasteiger partial charge on any atom is 0.343 e. The highest BCUT2D eigenvalue weighted by atomic mass is 16.7.